The first-order chi connectivity index (χ1) is 9.40. The van der Waals surface area contributed by atoms with Crippen LogP contribution in [0.25, 0.3) is 0 Å². The van der Waals surface area contributed by atoms with Crippen LogP contribution in [0.2, 0.25) is 0 Å². The molecule has 0 bridgehead atoms. The molecular weight excluding hydrogens is 264 g/mol. The maximum Gasteiger partial charge on any atom is 0.312 e. The second-order valence-corrected chi connectivity index (χ2v) is 4.24. The van der Waals surface area contributed by atoms with Gasteiger partial charge in [-0.1, -0.05) is 6.92 Å². The Morgan fingerprint density at radius 3 is 2.85 bits per heavy atom. The summed E-state index contributed by atoms with van der Waals surface area (Å²) in [5.74, 6) is -0.764. The summed E-state index contributed by atoms with van der Waals surface area (Å²) in [5.41, 5.74) is -0.168. The molecule has 20 heavy (non-hydrogen) atoms. The quantitative estimate of drug-likeness (QED) is 0.450. The zero-order valence-corrected chi connectivity index (χ0v) is 11.4. The number of hydrogen-bond acceptors (Lipinski definition) is 7. The molecule has 1 atom stereocenters. The first kappa shape index (κ1) is 15.4. The van der Waals surface area contributed by atoms with Gasteiger partial charge in [0.05, 0.1) is 23.5 Å². The molecule has 0 saturated heterocycles. The maximum absolute atomic E-state index is 11.4. The molecule has 106 valence electrons. The lowest BCUT2D eigenvalue weighted by atomic mass is 10.1. The van der Waals surface area contributed by atoms with Gasteiger partial charge >= 0.3 is 11.7 Å². The highest BCUT2D eigenvalue weighted by Crippen LogP contribution is 2.26. The lowest BCUT2D eigenvalue weighted by Gasteiger charge is -2.20. The fourth-order valence-corrected chi connectivity index (χ4v) is 1.71. The molecule has 1 heterocycles. The summed E-state index contributed by atoms with van der Waals surface area (Å²) in [6.45, 7) is 1.87. The Morgan fingerprint density at radius 1 is 1.70 bits per heavy atom. The van der Waals surface area contributed by atoms with E-state index in [-0.39, 0.29) is 23.6 Å². The van der Waals surface area contributed by atoms with Crippen LogP contribution in [-0.4, -0.2) is 36.6 Å². The molecule has 1 unspecified atom stereocenters. The lowest BCUT2D eigenvalue weighted by molar-refractivity contribution is -0.384. The molecule has 8 heteroatoms. The van der Waals surface area contributed by atoms with E-state index in [4.69, 9.17) is 5.26 Å². The van der Waals surface area contributed by atoms with Crippen molar-refractivity contribution in [1.82, 2.24) is 4.98 Å². The molecule has 1 aromatic rings. The molecule has 1 aromatic heterocycles. The maximum atomic E-state index is 11.4. The molecule has 0 spiro atoms. The molecule has 0 fully saturated rings. The molecule has 0 aliphatic carbocycles. The average molecular weight is 278 g/mol. The van der Waals surface area contributed by atoms with Crippen LogP contribution in [0, 0.1) is 27.4 Å². The van der Waals surface area contributed by atoms with Crippen LogP contribution in [0.5, 0.6) is 0 Å². The van der Waals surface area contributed by atoms with Gasteiger partial charge in [0.15, 0.2) is 0 Å². The SMILES string of the molecule is COC(=O)C(C)CN(C)c1ncc(C#N)cc1[N+](=O)[O-]. The fourth-order valence-electron chi connectivity index (χ4n) is 1.71. The number of rotatable bonds is 5. The highest BCUT2D eigenvalue weighted by atomic mass is 16.6. The first-order valence-electron chi connectivity index (χ1n) is 5.74. The normalized spacial score (nSPS) is 11.3. The Balaban J connectivity index is 3.04. The fraction of sp³-hybridized carbons (Fsp3) is 0.417. The van der Waals surface area contributed by atoms with Crippen LogP contribution >= 0.6 is 0 Å². The number of anilines is 1. The minimum absolute atomic E-state index is 0.102. The van der Waals surface area contributed by atoms with Crippen LogP contribution in [0.4, 0.5) is 11.5 Å². The number of carbonyl (C=O) groups is 1. The van der Waals surface area contributed by atoms with Gasteiger partial charge in [-0.15, -0.1) is 0 Å². The molecule has 0 N–H and O–H groups in total. The van der Waals surface area contributed by atoms with Gasteiger partial charge in [-0.3, -0.25) is 14.9 Å². The topological polar surface area (TPSA) is 109 Å². The zero-order valence-electron chi connectivity index (χ0n) is 11.4. The van der Waals surface area contributed by atoms with E-state index in [1.807, 2.05) is 0 Å². The summed E-state index contributed by atoms with van der Waals surface area (Å²) in [5, 5.41) is 19.7. The van der Waals surface area contributed by atoms with Crippen molar-refractivity contribution >= 4 is 17.5 Å². The van der Waals surface area contributed by atoms with Crippen molar-refractivity contribution < 1.29 is 14.5 Å². The van der Waals surface area contributed by atoms with E-state index in [0.29, 0.717) is 0 Å². The van der Waals surface area contributed by atoms with E-state index in [1.165, 1.54) is 18.2 Å². The van der Waals surface area contributed by atoms with Crippen molar-refractivity contribution in [3.63, 3.8) is 0 Å². The summed E-state index contributed by atoms with van der Waals surface area (Å²) in [6, 6.07) is 2.95. The standard InChI is InChI=1S/C12H14N4O4/c1-8(12(17)20-3)7-15(2)11-10(16(18)19)4-9(5-13)6-14-11/h4,6,8H,7H2,1-3H3. The van der Waals surface area contributed by atoms with Gasteiger partial charge in [-0.05, 0) is 0 Å². The Morgan fingerprint density at radius 2 is 2.35 bits per heavy atom. The molecule has 0 amide bonds. The van der Waals surface area contributed by atoms with Gasteiger partial charge in [0.25, 0.3) is 0 Å². The second kappa shape index (κ2) is 6.47. The number of ether oxygens (including phenoxy) is 1. The van der Waals surface area contributed by atoms with Crippen LogP contribution in [0.3, 0.4) is 0 Å². The van der Waals surface area contributed by atoms with Gasteiger partial charge in [0, 0.05) is 25.9 Å². The van der Waals surface area contributed by atoms with Crippen molar-refractivity contribution in [2.24, 2.45) is 5.92 Å². The Labute approximate surface area is 115 Å². The van der Waals surface area contributed by atoms with E-state index >= 15 is 0 Å². The smallest absolute Gasteiger partial charge is 0.312 e. The minimum atomic E-state index is -0.609. The number of carbonyl (C=O) groups excluding carboxylic acids is 1. The van der Waals surface area contributed by atoms with Gasteiger partial charge in [-0.2, -0.15) is 5.26 Å². The molecule has 0 radical (unpaired) electrons. The first-order valence-corrected chi connectivity index (χ1v) is 5.74. The van der Waals surface area contributed by atoms with Gasteiger partial charge in [-0.25, -0.2) is 4.98 Å². The number of nitrogens with zero attached hydrogens (tertiary/aromatic N) is 4. The van der Waals surface area contributed by atoms with Crippen molar-refractivity contribution in [3.8, 4) is 6.07 Å². The van der Waals surface area contributed by atoms with E-state index < -0.39 is 16.8 Å². The third-order valence-electron chi connectivity index (χ3n) is 2.69. The van der Waals surface area contributed by atoms with Crippen LogP contribution in [-0.2, 0) is 9.53 Å². The summed E-state index contributed by atoms with van der Waals surface area (Å²) in [7, 11) is 2.86. The monoisotopic (exact) mass is 278 g/mol. The summed E-state index contributed by atoms with van der Waals surface area (Å²) in [6.07, 6.45) is 1.25. The van der Waals surface area contributed by atoms with Crippen molar-refractivity contribution in [2.45, 2.75) is 6.92 Å². The van der Waals surface area contributed by atoms with E-state index in [9.17, 15) is 14.9 Å². The second-order valence-electron chi connectivity index (χ2n) is 4.24. The Kier molecular flexibility index (Phi) is 4.97. The number of methoxy groups -OCH3 is 1. The number of nitriles is 1. The molecular formula is C12H14N4O4. The highest BCUT2D eigenvalue weighted by molar-refractivity contribution is 5.73. The summed E-state index contributed by atoms with van der Waals surface area (Å²) < 4.78 is 4.60. The largest absolute Gasteiger partial charge is 0.469 e. The van der Waals surface area contributed by atoms with Crippen molar-refractivity contribution in [2.75, 3.05) is 25.6 Å². The van der Waals surface area contributed by atoms with Crippen molar-refractivity contribution in [3.05, 3.63) is 27.9 Å². The Hall–Kier alpha value is -2.69. The van der Waals surface area contributed by atoms with Crippen molar-refractivity contribution in [1.29, 1.82) is 5.26 Å². The van der Waals surface area contributed by atoms with E-state index in [1.54, 1.807) is 20.0 Å². The molecule has 0 aliphatic rings. The molecule has 0 saturated carbocycles. The number of pyridine rings is 1. The third-order valence-corrected chi connectivity index (χ3v) is 2.69. The zero-order chi connectivity index (χ0) is 15.3. The molecule has 8 nitrogen and oxygen atoms in total. The summed E-state index contributed by atoms with van der Waals surface area (Å²) in [4.78, 5) is 27.2. The van der Waals surface area contributed by atoms with Gasteiger partial charge in [0.1, 0.15) is 6.07 Å². The average Bonchev–Trinajstić information content (AvgIpc) is 2.45. The van der Waals surface area contributed by atoms with E-state index in [0.717, 1.165) is 6.07 Å². The summed E-state index contributed by atoms with van der Waals surface area (Å²) >= 11 is 0. The van der Waals surface area contributed by atoms with Crippen LogP contribution < -0.4 is 4.90 Å². The number of nitro groups is 1. The van der Waals surface area contributed by atoms with Gasteiger partial charge < -0.3 is 9.64 Å². The van der Waals surface area contributed by atoms with E-state index in [2.05, 4.69) is 9.72 Å². The van der Waals surface area contributed by atoms with Crippen LogP contribution in [0.1, 0.15) is 12.5 Å². The highest BCUT2D eigenvalue weighted by Gasteiger charge is 2.23. The Bertz CT molecular complexity index is 567. The van der Waals surface area contributed by atoms with Gasteiger partial charge in [0.2, 0.25) is 5.82 Å². The minimum Gasteiger partial charge on any atom is -0.469 e. The number of esters is 1. The third kappa shape index (κ3) is 3.41. The number of aromatic nitrogens is 1. The molecule has 1 rings (SSSR count). The predicted octanol–water partition coefficient (Wildman–Crippen LogP) is 1.11. The predicted molar refractivity (Wildman–Crippen MR) is 70.1 cm³/mol. The van der Waals surface area contributed by atoms with Crippen LogP contribution in [0.15, 0.2) is 12.3 Å². The molecule has 0 aliphatic heterocycles. The number of hydrogen-bond donors (Lipinski definition) is 0. The lowest BCUT2D eigenvalue weighted by Crippen LogP contribution is -2.30. The molecule has 0 aromatic carbocycles.